The fourth-order valence-corrected chi connectivity index (χ4v) is 5.13. The number of pyridine rings is 1. The molecule has 2 fully saturated rings. The highest BCUT2D eigenvalue weighted by Crippen LogP contribution is 2.50. The fourth-order valence-electron chi connectivity index (χ4n) is 5.13. The van der Waals surface area contributed by atoms with Gasteiger partial charge in [-0.15, -0.1) is 0 Å². The minimum absolute atomic E-state index is 0.0313. The molecule has 1 aliphatic carbocycles. The van der Waals surface area contributed by atoms with E-state index in [0.717, 1.165) is 26.8 Å². The maximum absolute atomic E-state index is 12.7. The van der Waals surface area contributed by atoms with Crippen molar-refractivity contribution < 1.29 is 22.8 Å². The van der Waals surface area contributed by atoms with Gasteiger partial charge in [0.25, 0.3) is 0 Å². The lowest BCUT2D eigenvalue weighted by Gasteiger charge is -2.60. The van der Waals surface area contributed by atoms with Gasteiger partial charge in [0.05, 0.1) is 19.2 Å². The van der Waals surface area contributed by atoms with Crippen LogP contribution in [0.3, 0.4) is 0 Å². The maximum atomic E-state index is 12.7. The third kappa shape index (κ3) is 4.29. The SMILES string of the molecule is CN(CC(=O)Cc1cc2cc(-c3cn[nH]c3)ccc2cn1)C1CC2(C1)CN(C(=O)C(F)(F)F)C2. The van der Waals surface area contributed by atoms with Crippen LogP contribution in [-0.4, -0.2) is 75.6 Å². The lowest BCUT2D eigenvalue weighted by atomic mass is 9.60. The Bertz CT molecular complexity index is 1230. The largest absolute Gasteiger partial charge is 0.471 e. The summed E-state index contributed by atoms with van der Waals surface area (Å²) < 4.78 is 37.6. The number of aromatic amines is 1. The number of hydrogen-bond acceptors (Lipinski definition) is 5. The minimum Gasteiger partial charge on any atom is -0.334 e. The second-order valence-electron chi connectivity index (χ2n) is 9.58. The molecule has 1 N–H and O–H groups in total. The number of likely N-dealkylation sites (N-methyl/N-ethyl adjacent to an activating group) is 1. The van der Waals surface area contributed by atoms with Gasteiger partial charge >= 0.3 is 12.1 Å². The first kappa shape index (κ1) is 22.5. The molecule has 7 nitrogen and oxygen atoms in total. The van der Waals surface area contributed by atoms with Crippen molar-refractivity contribution in [3.63, 3.8) is 0 Å². The van der Waals surface area contributed by atoms with Crippen LogP contribution in [0.2, 0.25) is 0 Å². The number of alkyl halides is 3. The van der Waals surface area contributed by atoms with Gasteiger partial charge in [-0.3, -0.25) is 24.6 Å². The van der Waals surface area contributed by atoms with Crippen LogP contribution in [-0.2, 0) is 16.0 Å². The van der Waals surface area contributed by atoms with Gasteiger partial charge in [0.15, 0.2) is 5.78 Å². The van der Waals surface area contributed by atoms with Gasteiger partial charge in [-0.05, 0) is 43.0 Å². The topological polar surface area (TPSA) is 82.2 Å². The third-order valence-electron chi connectivity index (χ3n) is 6.96. The van der Waals surface area contributed by atoms with Gasteiger partial charge in [-0.25, -0.2) is 0 Å². The standard InChI is InChI=1S/C24H24F3N5O2/c1-31(20-7-23(8-20)13-32(14-23)22(34)24(25,26)27)12-21(33)6-19-5-17-4-15(18-10-29-30-11-18)2-3-16(17)9-28-19/h2-5,9-11,20H,6-8,12-14H2,1H3,(H,29,30). The van der Waals surface area contributed by atoms with Crippen molar-refractivity contribution in [3.8, 4) is 11.1 Å². The Hall–Kier alpha value is -3.27. The molecule has 0 bridgehead atoms. The second-order valence-corrected chi connectivity index (χ2v) is 9.58. The third-order valence-corrected chi connectivity index (χ3v) is 6.96. The predicted molar refractivity (Wildman–Crippen MR) is 119 cm³/mol. The molecule has 1 aliphatic heterocycles. The van der Waals surface area contributed by atoms with Gasteiger partial charge in [-0.2, -0.15) is 18.3 Å². The zero-order chi connectivity index (χ0) is 24.1. The molecule has 1 aromatic carbocycles. The maximum Gasteiger partial charge on any atom is 0.471 e. The van der Waals surface area contributed by atoms with E-state index >= 15 is 0 Å². The number of hydrogen-bond donors (Lipinski definition) is 1. The Morgan fingerprint density at radius 3 is 2.59 bits per heavy atom. The monoisotopic (exact) mass is 471 g/mol. The smallest absolute Gasteiger partial charge is 0.334 e. The van der Waals surface area contributed by atoms with E-state index in [1.54, 1.807) is 12.4 Å². The van der Waals surface area contributed by atoms with Crippen LogP contribution in [0.4, 0.5) is 13.2 Å². The van der Waals surface area contributed by atoms with E-state index in [1.807, 2.05) is 42.4 Å². The summed E-state index contributed by atoms with van der Waals surface area (Å²) in [7, 11) is 1.86. The zero-order valence-corrected chi connectivity index (χ0v) is 18.6. The van der Waals surface area contributed by atoms with Crippen molar-refractivity contribution in [2.24, 2.45) is 5.41 Å². The van der Waals surface area contributed by atoms with Crippen LogP contribution < -0.4 is 0 Å². The van der Waals surface area contributed by atoms with Crippen LogP contribution in [0, 0.1) is 5.41 Å². The van der Waals surface area contributed by atoms with Gasteiger partial charge in [-0.1, -0.05) is 12.1 Å². The molecule has 3 heterocycles. The van der Waals surface area contributed by atoms with E-state index in [4.69, 9.17) is 0 Å². The molecule has 1 saturated heterocycles. The summed E-state index contributed by atoms with van der Waals surface area (Å²) in [6.45, 7) is 0.539. The van der Waals surface area contributed by atoms with E-state index in [2.05, 4.69) is 15.2 Å². The Labute approximate surface area is 193 Å². The molecular weight excluding hydrogens is 447 g/mol. The van der Waals surface area contributed by atoms with Crippen molar-refractivity contribution in [2.45, 2.75) is 31.5 Å². The number of carbonyl (C=O) groups is 2. The number of ketones is 1. The highest BCUT2D eigenvalue weighted by molar-refractivity contribution is 5.88. The van der Waals surface area contributed by atoms with Crippen LogP contribution >= 0.6 is 0 Å². The first-order valence-corrected chi connectivity index (χ1v) is 11.1. The Kier molecular flexibility index (Phi) is 5.43. The molecule has 1 saturated carbocycles. The Balaban J connectivity index is 1.14. The van der Waals surface area contributed by atoms with Crippen molar-refractivity contribution in [2.75, 3.05) is 26.7 Å². The van der Waals surface area contributed by atoms with Crippen LogP contribution in [0.5, 0.6) is 0 Å². The number of amides is 1. The van der Waals surface area contributed by atoms with Gasteiger partial charge in [0.2, 0.25) is 0 Å². The number of nitrogens with one attached hydrogen (secondary N) is 1. The molecule has 0 unspecified atom stereocenters. The van der Waals surface area contributed by atoms with Gasteiger partial charge < -0.3 is 4.90 Å². The number of carbonyl (C=O) groups excluding carboxylic acids is 2. The molecule has 1 spiro atoms. The van der Waals surface area contributed by atoms with E-state index in [1.165, 1.54) is 0 Å². The molecule has 0 atom stereocenters. The minimum atomic E-state index is -4.81. The van der Waals surface area contributed by atoms with E-state index < -0.39 is 12.1 Å². The highest BCUT2D eigenvalue weighted by Gasteiger charge is 2.58. The summed E-state index contributed by atoms with van der Waals surface area (Å²) in [6, 6.07) is 8.09. The number of halogens is 3. The molecule has 3 aromatic rings. The Morgan fingerprint density at radius 2 is 1.91 bits per heavy atom. The molecule has 10 heteroatoms. The Morgan fingerprint density at radius 1 is 1.15 bits per heavy atom. The number of likely N-dealkylation sites (tertiary alicyclic amines) is 1. The highest BCUT2D eigenvalue weighted by atomic mass is 19.4. The van der Waals surface area contributed by atoms with Crippen molar-refractivity contribution in [1.29, 1.82) is 0 Å². The summed E-state index contributed by atoms with van der Waals surface area (Å²) in [5.74, 6) is -1.73. The number of fused-ring (bicyclic) bond motifs is 1. The van der Waals surface area contributed by atoms with Crippen molar-refractivity contribution in [3.05, 3.63) is 48.5 Å². The summed E-state index contributed by atoms with van der Waals surface area (Å²) in [5.41, 5.74) is 2.47. The molecule has 1 amide bonds. The average molecular weight is 471 g/mol. The van der Waals surface area contributed by atoms with Gasteiger partial charge in [0.1, 0.15) is 0 Å². The molecular formula is C24H24F3N5O2. The summed E-state index contributed by atoms with van der Waals surface area (Å²) >= 11 is 0. The molecule has 2 aromatic heterocycles. The number of Topliss-reactive ketones (excluding diaryl/α,β-unsaturated/α-hetero) is 1. The number of benzene rings is 1. The molecule has 34 heavy (non-hydrogen) atoms. The number of nitrogens with zero attached hydrogens (tertiary/aromatic N) is 4. The zero-order valence-electron chi connectivity index (χ0n) is 18.6. The second kappa shape index (κ2) is 8.19. The fraction of sp³-hybridized carbons (Fsp3) is 0.417. The number of rotatable bonds is 6. The van der Waals surface area contributed by atoms with Crippen LogP contribution in [0.1, 0.15) is 18.5 Å². The lowest BCUT2D eigenvalue weighted by molar-refractivity contribution is -0.204. The lowest BCUT2D eigenvalue weighted by Crippen LogP contribution is -2.68. The first-order valence-electron chi connectivity index (χ1n) is 11.1. The van der Waals surface area contributed by atoms with E-state index in [0.29, 0.717) is 18.5 Å². The molecule has 5 rings (SSSR count). The van der Waals surface area contributed by atoms with Crippen molar-refractivity contribution >= 4 is 22.5 Å². The van der Waals surface area contributed by atoms with E-state index in [-0.39, 0.29) is 43.3 Å². The quantitative estimate of drug-likeness (QED) is 0.597. The molecule has 178 valence electrons. The number of H-pyrrole nitrogens is 1. The summed E-state index contributed by atoms with van der Waals surface area (Å²) in [6.07, 6.45) is 2.13. The summed E-state index contributed by atoms with van der Waals surface area (Å²) in [5, 5.41) is 8.76. The van der Waals surface area contributed by atoms with Crippen LogP contribution in [0.25, 0.3) is 21.9 Å². The average Bonchev–Trinajstić information content (AvgIpc) is 3.25. The first-order chi connectivity index (χ1) is 16.1. The number of aromatic nitrogens is 3. The summed E-state index contributed by atoms with van der Waals surface area (Å²) in [4.78, 5) is 31.2. The molecule has 0 radical (unpaired) electrons. The van der Waals surface area contributed by atoms with Crippen LogP contribution in [0.15, 0.2) is 42.9 Å². The van der Waals surface area contributed by atoms with E-state index in [9.17, 15) is 22.8 Å². The molecule has 2 aliphatic rings. The predicted octanol–water partition coefficient (Wildman–Crippen LogP) is 3.22. The van der Waals surface area contributed by atoms with Gasteiger partial charge in [0, 0.05) is 53.6 Å². The normalized spacial score (nSPS) is 17.7. The van der Waals surface area contributed by atoms with Crippen molar-refractivity contribution in [1.82, 2.24) is 25.0 Å².